The molecule has 2 rings (SSSR count). The smallest absolute Gasteiger partial charge is 0.315 e. The second-order valence-electron chi connectivity index (χ2n) is 7.27. The molecule has 2 aromatic rings. The predicted molar refractivity (Wildman–Crippen MR) is 119 cm³/mol. The summed E-state index contributed by atoms with van der Waals surface area (Å²) in [6, 6.07) is 13.1. The summed E-state index contributed by atoms with van der Waals surface area (Å²) < 4.78 is 0. The number of nitrogens with zero attached hydrogens (tertiary/aromatic N) is 2. The second kappa shape index (κ2) is 12.3. The number of benzene rings is 1. The van der Waals surface area contributed by atoms with Gasteiger partial charge in [0.2, 0.25) is 11.8 Å². The highest BCUT2D eigenvalue weighted by Gasteiger charge is 2.32. The van der Waals surface area contributed by atoms with Crippen molar-refractivity contribution in [3.8, 4) is 0 Å². The number of amides is 4. The normalized spacial score (nSPS) is 12.5. The summed E-state index contributed by atoms with van der Waals surface area (Å²) in [6.45, 7) is 4.11. The molecule has 0 saturated heterocycles. The summed E-state index contributed by atoms with van der Waals surface area (Å²) in [5.74, 6) is -0.626. The van der Waals surface area contributed by atoms with E-state index in [0.29, 0.717) is 19.4 Å². The number of pyridine rings is 1. The van der Waals surface area contributed by atoms with E-state index in [1.54, 1.807) is 20.0 Å². The van der Waals surface area contributed by atoms with E-state index in [0.717, 1.165) is 11.3 Å². The average Bonchev–Trinajstić information content (AvgIpc) is 2.78. The van der Waals surface area contributed by atoms with E-state index in [2.05, 4.69) is 15.6 Å². The second-order valence-corrected chi connectivity index (χ2v) is 7.27. The van der Waals surface area contributed by atoms with E-state index < -0.39 is 18.1 Å². The topological polar surface area (TPSA) is 117 Å². The Kier molecular flexibility index (Phi) is 9.48. The van der Waals surface area contributed by atoms with E-state index in [-0.39, 0.29) is 24.8 Å². The molecular weight excluding hydrogens is 394 g/mol. The van der Waals surface area contributed by atoms with Crippen LogP contribution >= 0.6 is 0 Å². The van der Waals surface area contributed by atoms with Crippen LogP contribution in [0.15, 0.2) is 54.7 Å². The number of hydrogen-bond acceptors (Lipinski definition) is 4. The zero-order chi connectivity index (χ0) is 22.6. The predicted octanol–water partition coefficient (Wildman–Crippen LogP) is 1.65. The Morgan fingerprint density at radius 3 is 2.39 bits per heavy atom. The van der Waals surface area contributed by atoms with Gasteiger partial charge in [0.15, 0.2) is 0 Å². The van der Waals surface area contributed by atoms with Crippen LogP contribution in [0.4, 0.5) is 4.79 Å². The number of nitrogens with one attached hydrogen (secondary N) is 2. The van der Waals surface area contributed by atoms with Crippen LogP contribution in [0.3, 0.4) is 0 Å². The van der Waals surface area contributed by atoms with Gasteiger partial charge in [-0.1, -0.05) is 43.3 Å². The van der Waals surface area contributed by atoms with Crippen LogP contribution in [0.25, 0.3) is 0 Å². The molecule has 8 nitrogen and oxygen atoms in total. The zero-order valence-electron chi connectivity index (χ0n) is 18.1. The first-order valence-electron chi connectivity index (χ1n) is 10.5. The molecular formula is C23H31N5O3. The van der Waals surface area contributed by atoms with Crippen molar-refractivity contribution in [2.24, 2.45) is 5.73 Å². The maximum Gasteiger partial charge on any atom is 0.315 e. The minimum Gasteiger partial charge on any atom is -0.354 e. The molecule has 0 spiro atoms. The number of hydrogen-bond donors (Lipinski definition) is 3. The molecule has 0 aliphatic carbocycles. The van der Waals surface area contributed by atoms with Crippen LogP contribution in [-0.2, 0) is 22.4 Å². The summed E-state index contributed by atoms with van der Waals surface area (Å²) in [4.78, 5) is 42.7. The Morgan fingerprint density at radius 2 is 1.77 bits per heavy atom. The lowest BCUT2D eigenvalue weighted by molar-refractivity contribution is -0.130. The molecule has 0 bridgehead atoms. The number of carbonyl (C=O) groups is 3. The third-order valence-electron chi connectivity index (χ3n) is 5.07. The van der Waals surface area contributed by atoms with Crippen molar-refractivity contribution in [2.45, 2.75) is 45.2 Å². The summed E-state index contributed by atoms with van der Waals surface area (Å²) in [6.07, 6.45) is 3.05. The summed E-state index contributed by atoms with van der Waals surface area (Å²) in [5, 5.41) is 5.60. The minimum atomic E-state index is -0.917. The molecule has 166 valence electrons. The molecule has 0 radical (unpaired) electrons. The molecule has 1 heterocycles. The molecule has 0 aliphatic rings. The number of urea groups is 1. The molecule has 4 N–H and O–H groups in total. The SMILES string of the molecule is CCC(=O)NC(C(=O)NCCc1ccccc1)C(C)N(CCc1ccccn1)C(N)=O. The van der Waals surface area contributed by atoms with Gasteiger partial charge in [-0.25, -0.2) is 4.79 Å². The lowest BCUT2D eigenvalue weighted by atomic mass is 10.1. The lowest BCUT2D eigenvalue weighted by Crippen LogP contribution is -2.60. The largest absolute Gasteiger partial charge is 0.354 e. The van der Waals surface area contributed by atoms with Gasteiger partial charge in [-0.2, -0.15) is 0 Å². The van der Waals surface area contributed by atoms with Crippen LogP contribution in [-0.4, -0.2) is 52.9 Å². The van der Waals surface area contributed by atoms with Crippen molar-refractivity contribution in [1.29, 1.82) is 0 Å². The van der Waals surface area contributed by atoms with E-state index in [9.17, 15) is 14.4 Å². The Morgan fingerprint density at radius 1 is 1.06 bits per heavy atom. The molecule has 2 atom stereocenters. The van der Waals surface area contributed by atoms with Crippen molar-refractivity contribution in [3.63, 3.8) is 0 Å². The Balaban J connectivity index is 2.05. The quantitative estimate of drug-likeness (QED) is 0.507. The molecule has 4 amide bonds. The van der Waals surface area contributed by atoms with Gasteiger partial charge in [0.05, 0.1) is 6.04 Å². The van der Waals surface area contributed by atoms with Gasteiger partial charge in [0, 0.05) is 37.8 Å². The monoisotopic (exact) mass is 425 g/mol. The maximum atomic E-state index is 12.9. The highest BCUT2D eigenvalue weighted by molar-refractivity contribution is 5.88. The summed E-state index contributed by atoms with van der Waals surface area (Å²) in [7, 11) is 0. The third kappa shape index (κ3) is 7.73. The maximum absolute atomic E-state index is 12.9. The highest BCUT2D eigenvalue weighted by Crippen LogP contribution is 2.09. The van der Waals surface area contributed by atoms with Crippen LogP contribution in [0.2, 0.25) is 0 Å². The van der Waals surface area contributed by atoms with Crippen molar-refractivity contribution in [2.75, 3.05) is 13.1 Å². The Labute approximate surface area is 183 Å². The van der Waals surface area contributed by atoms with Gasteiger partial charge in [0.25, 0.3) is 0 Å². The van der Waals surface area contributed by atoms with Crippen LogP contribution < -0.4 is 16.4 Å². The fourth-order valence-electron chi connectivity index (χ4n) is 3.24. The molecule has 8 heteroatoms. The van der Waals surface area contributed by atoms with Gasteiger partial charge in [-0.3, -0.25) is 14.6 Å². The molecule has 31 heavy (non-hydrogen) atoms. The van der Waals surface area contributed by atoms with Gasteiger partial charge in [-0.15, -0.1) is 0 Å². The molecule has 1 aromatic heterocycles. The molecule has 0 saturated carbocycles. The minimum absolute atomic E-state index is 0.227. The number of rotatable bonds is 11. The fraction of sp³-hybridized carbons (Fsp3) is 0.391. The van der Waals surface area contributed by atoms with Gasteiger partial charge in [-0.05, 0) is 31.0 Å². The molecule has 2 unspecified atom stereocenters. The number of primary amides is 1. The standard InChI is InChI=1S/C23H31N5O3/c1-3-20(29)27-21(22(30)26-15-12-18-9-5-4-6-10-18)17(2)28(23(24)31)16-13-19-11-7-8-14-25-19/h4-11,14,17,21H,3,12-13,15-16H2,1-2H3,(H2,24,31)(H,26,30)(H,27,29). The van der Waals surface area contributed by atoms with Gasteiger partial charge >= 0.3 is 6.03 Å². The number of aromatic nitrogens is 1. The van der Waals surface area contributed by atoms with Crippen molar-refractivity contribution in [1.82, 2.24) is 20.5 Å². The van der Waals surface area contributed by atoms with E-state index in [4.69, 9.17) is 5.73 Å². The van der Waals surface area contributed by atoms with Gasteiger partial charge in [0.1, 0.15) is 6.04 Å². The first-order valence-corrected chi connectivity index (χ1v) is 10.5. The first kappa shape index (κ1) is 23.9. The van der Waals surface area contributed by atoms with Crippen LogP contribution in [0.1, 0.15) is 31.5 Å². The highest BCUT2D eigenvalue weighted by atomic mass is 16.2. The number of carbonyl (C=O) groups excluding carboxylic acids is 3. The van der Waals surface area contributed by atoms with Crippen molar-refractivity contribution in [3.05, 3.63) is 66.0 Å². The fourth-order valence-corrected chi connectivity index (χ4v) is 3.24. The third-order valence-corrected chi connectivity index (χ3v) is 5.07. The van der Waals surface area contributed by atoms with Crippen LogP contribution in [0.5, 0.6) is 0 Å². The van der Waals surface area contributed by atoms with Crippen molar-refractivity contribution < 1.29 is 14.4 Å². The Bertz CT molecular complexity index is 845. The van der Waals surface area contributed by atoms with Crippen molar-refractivity contribution >= 4 is 17.8 Å². The first-order chi connectivity index (χ1) is 14.9. The Hall–Kier alpha value is -3.42. The van der Waals surface area contributed by atoms with E-state index in [1.165, 1.54) is 4.90 Å². The molecule has 1 aromatic carbocycles. The lowest BCUT2D eigenvalue weighted by Gasteiger charge is -2.33. The zero-order valence-corrected chi connectivity index (χ0v) is 18.1. The molecule has 0 fully saturated rings. The van der Waals surface area contributed by atoms with E-state index in [1.807, 2.05) is 48.5 Å². The average molecular weight is 426 g/mol. The van der Waals surface area contributed by atoms with E-state index >= 15 is 0 Å². The summed E-state index contributed by atoms with van der Waals surface area (Å²) >= 11 is 0. The van der Waals surface area contributed by atoms with Gasteiger partial charge < -0.3 is 21.3 Å². The molecule has 0 aliphatic heterocycles. The van der Waals surface area contributed by atoms with Crippen LogP contribution in [0, 0.1) is 0 Å². The number of nitrogens with two attached hydrogens (primary N) is 1. The summed E-state index contributed by atoms with van der Waals surface area (Å²) in [5.41, 5.74) is 7.51.